The summed E-state index contributed by atoms with van der Waals surface area (Å²) in [4.78, 5) is 25.2. The number of hydrogen-bond acceptors (Lipinski definition) is 5. The van der Waals surface area contributed by atoms with Gasteiger partial charge in [0.05, 0.1) is 18.7 Å². The summed E-state index contributed by atoms with van der Waals surface area (Å²) in [5, 5.41) is 12.9. The number of aromatic carboxylic acids is 1. The molecule has 140 valence electrons. The molecule has 0 spiro atoms. The van der Waals surface area contributed by atoms with Gasteiger partial charge in [-0.15, -0.1) is 11.8 Å². The van der Waals surface area contributed by atoms with Crippen molar-refractivity contribution in [1.82, 2.24) is 9.88 Å². The molecule has 7 heteroatoms. The van der Waals surface area contributed by atoms with Gasteiger partial charge in [-0.3, -0.25) is 4.79 Å². The fourth-order valence-electron chi connectivity index (χ4n) is 3.32. The largest absolute Gasteiger partial charge is 0.477 e. The summed E-state index contributed by atoms with van der Waals surface area (Å²) in [7, 11) is 1.89. The SMILES string of the molecule is CNCCOCCSc1cc2c3c(c1)c(=O)c(C(=O)O)cn3C(C)CC2. The van der Waals surface area contributed by atoms with Crippen molar-refractivity contribution in [2.24, 2.45) is 0 Å². The number of pyridine rings is 1. The molecule has 0 fully saturated rings. The van der Waals surface area contributed by atoms with Gasteiger partial charge in [0, 0.05) is 34.8 Å². The third kappa shape index (κ3) is 3.79. The van der Waals surface area contributed by atoms with E-state index in [1.807, 2.05) is 17.7 Å². The predicted molar refractivity (Wildman–Crippen MR) is 104 cm³/mol. The Morgan fingerprint density at radius 3 is 2.96 bits per heavy atom. The number of nitrogens with zero attached hydrogens (tertiary/aromatic N) is 1. The van der Waals surface area contributed by atoms with Gasteiger partial charge >= 0.3 is 5.97 Å². The van der Waals surface area contributed by atoms with Crippen LogP contribution in [0.25, 0.3) is 10.9 Å². The molecule has 2 N–H and O–H groups in total. The van der Waals surface area contributed by atoms with Crippen molar-refractivity contribution in [2.75, 3.05) is 32.6 Å². The lowest BCUT2D eigenvalue weighted by molar-refractivity contribution is 0.0694. The Hall–Kier alpha value is -1.83. The lowest BCUT2D eigenvalue weighted by atomic mass is 9.96. The average Bonchev–Trinajstić information content (AvgIpc) is 2.62. The first-order valence-corrected chi connectivity index (χ1v) is 9.81. The number of ether oxygens (including phenoxy) is 1. The third-order valence-corrected chi connectivity index (χ3v) is 5.65. The minimum atomic E-state index is -1.17. The number of carboxylic acids is 1. The smallest absolute Gasteiger partial charge is 0.341 e. The maximum Gasteiger partial charge on any atom is 0.341 e. The Labute approximate surface area is 156 Å². The van der Waals surface area contributed by atoms with Gasteiger partial charge in [-0.05, 0) is 44.5 Å². The van der Waals surface area contributed by atoms with Crippen molar-refractivity contribution in [3.63, 3.8) is 0 Å². The van der Waals surface area contributed by atoms with Crippen LogP contribution in [0.2, 0.25) is 0 Å². The van der Waals surface area contributed by atoms with Gasteiger partial charge in [0.1, 0.15) is 5.56 Å². The van der Waals surface area contributed by atoms with Crippen LogP contribution in [-0.4, -0.2) is 48.2 Å². The van der Waals surface area contributed by atoms with E-state index in [-0.39, 0.29) is 11.6 Å². The highest BCUT2D eigenvalue weighted by Crippen LogP contribution is 2.33. The van der Waals surface area contributed by atoms with E-state index in [0.717, 1.165) is 41.1 Å². The maximum atomic E-state index is 12.7. The second kappa shape index (κ2) is 8.24. The van der Waals surface area contributed by atoms with Crippen molar-refractivity contribution in [3.8, 4) is 0 Å². The zero-order valence-electron chi connectivity index (χ0n) is 15.1. The number of hydrogen-bond donors (Lipinski definition) is 2. The van der Waals surface area contributed by atoms with Gasteiger partial charge in [0.15, 0.2) is 0 Å². The number of carbonyl (C=O) groups is 1. The number of rotatable bonds is 8. The molecular formula is C19H24N2O4S. The molecule has 2 heterocycles. The lowest BCUT2D eigenvalue weighted by Gasteiger charge is -2.27. The van der Waals surface area contributed by atoms with Crippen LogP contribution in [0.15, 0.2) is 28.0 Å². The van der Waals surface area contributed by atoms with E-state index in [9.17, 15) is 14.7 Å². The summed E-state index contributed by atoms with van der Waals surface area (Å²) in [6.07, 6.45) is 3.34. The van der Waals surface area contributed by atoms with E-state index in [2.05, 4.69) is 18.3 Å². The van der Waals surface area contributed by atoms with Crippen LogP contribution in [0.5, 0.6) is 0 Å². The molecule has 0 saturated heterocycles. The van der Waals surface area contributed by atoms with Crippen LogP contribution < -0.4 is 10.7 Å². The molecule has 0 radical (unpaired) electrons. The molecule has 0 bridgehead atoms. The Bertz CT molecular complexity index is 878. The Balaban J connectivity index is 1.93. The van der Waals surface area contributed by atoms with Crippen LogP contribution in [0, 0.1) is 0 Å². The molecular weight excluding hydrogens is 352 g/mol. The van der Waals surface area contributed by atoms with Crippen LogP contribution >= 0.6 is 11.8 Å². The molecule has 6 nitrogen and oxygen atoms in total. The highest BCUT2D eigenvalue weighted by atomic mass is 32.2. The second-order valence-electron chi connectivity index (χ2n) is 6.51. The standard InChI is InChI=1S/C19H24N2O4S/c1-12-3-4-13-9-14(26-8-7-25-6-5-20-2)10-15-17(13)21(12)11-16(18(15)22)19(23)24/h9-12,20H,3-8H2,1-2H3,(H,23,24). The van der Waals surface area contributed by atoms with E-state index in [0.29, 0.717) is 18.6 Å². The summed E-state index contributed by atoms with van der Waals surface area (Å²) in [6.45, 7) is 4.19. The monoisotopic (exact) mass is 376 g/mol. The van der Waals surface area contributed by atoms with Crippen molar-refractivity contribution in [2.45, 2.75) is 30.7 Å². The normalized spacial score (nSPS) is 16.2. The fourth-order valence-corrected chi connectivity index (χ4v) is 4.19. The van der Waals surface area contributed by atoms with Crippen LogP contribution in [0.4, 0.5) is 0 Å². The Morgan fingerprint density at radius 2 is 2.23 bits per heavy atom. The molecule has 0 aliphatic carbocycles. The molecule has 1 aromatic heterocycles. The number of thioether (sulfide) groups is 1. The zero-order chi connectivity index (χ0) is 18.7. The van der Waals surface area contributed by atoms with Crippen molar-refractivity contribution in [1.29, 1.82) is 0 Å². The topological polar surface area (TPSA) is 80.6 Å². The number of likely N-dealkylation sites (N-methyl/N-ethyl adjacent to an activating group) is 1. The van der Waals surface area contributed by atoms with E-state index >= 15 is 0 Å². The van der Waals surface area contributed by atoms with E-state index in [4.69, 9.17) is 4.74 Å². The number of aryl methyl sites for hydroxylation is 1. The van der Waals surface area contributed by atoms with Crippen LogP contribution in [0.1, 0.15) is 35.3 Å². The molecule has 2 aromatic rings. The Kier molecular flexibility index (Phi) is 6.01. The highest BCUT2D eigenvalue weighted by molar-refractivity contribution is 7.99. The summed E-state index contributed by atoms with van der Waals surface area (Å²) in [6, 6.07) is 4.14. The number of nitrogens with one attached hydrogen (secondary N) is 1. The van der Waals surface area contributed by atoms with Crippen LogP contribution in [-0.2, 0) is 11.2 Å². The van der Waals surface area contributed by atoms with E-state index in [1.54, 1.807) is 11.8 Å². The summed E-state index contributed by atoms with van der Waals surface area (Å²) >= 11 is 1.64. The molecule has 1 aliphatic heterocycles. The summed E-state index contributed by atoms with van der Waals surface area (Å²) < 4.78 is 7.48. The van der Waals surface area contributed by atoms with Gasteiger partial charge in [-0.2, -0.15) is 0 Å². The highest BCUT2D eigenvalue weighted by Gasteiger charge is 2.23. The quantitative estimate of drug-likeness (QED) is 0.544. The van der Waals surface area contributed by atoms with Crippen LogP contribution in [0.3, 0.4) is 0 Å². The number of carboxylic acid groups (broad SMARTS) is 1. The van der Waals surface area contributed by atoms with Crippen molar-refractivity contribution >= 4 is 28.6 Å². The minimum absolute atomic E-state index is 0.158. The molecule has 26 heavy (non-hydrogen) atoms. The predicted octanol–water partition coefficient (Wildman–Crippen LogP) is 2.54. The maximum absolute atomic E-state index is 12.7. The van der Waals surface area contributed by atoms with Crippen molar-refractivity contribution < 1.29 is 14.6 Å². The Morgan fingerprint density at radius 1 is 1.42 bits per heavy atom. The van der Waals surface area contributed by atoms with Gasteiger partial charge in [-0.1, -0.05) is 0 Å². The fraction of sp³-hybridized carbons (Fsp3) is 0.474. The van der Waals surface area contributed by atoms with Gasteiger partial charge in [0.25, 0.3) is 0 Å². The molecule has 0 saturated carbocycles. The lowest BCUT2D eigenvalue weighted by Crippen LogP contribution is -2.23. The van der Waals surface area contributed by atoms with Gasteiger partial charge < -0.3 is 19.7 Å². The van der Waals surface area contributed by atoms with E-state index in [1.165, 1.54) is 6.20 Å². The molecule has 1 aromatic carbocycles. The summed E-state index contributed by atoms with van der Waals surface area (Å²) in [5.74, 6) is -0.381. The minimum Gasteiger partial charge on any atom is -0.477 e. The molecule has 1 aliphatic rings. The third-order valence-electron chi connectivity index (χ3n) is 4.71. The first-order valence-electron chi connectivity index (χ1n) is 8.83. The average molecular weight is 376 g/mol. The number of benzene rings is 1. The first kappa shape index (κ1) is 18.9. The number of aromatic nitrogens is 1. The van der Waals surface area contributed by atoms with Crippen molar-refractivity contribution in [3.05, 3.63) is 39.7 Å². The molecule has 1 unspecified atom stereocenters. The zero-order valence-corrected chi connectivity index (χ0v) is 15.9. The van der Waals surface area contributed by atoms with E-state index < -0.39 is 11.4 Å². The molecule has 3 rings (SSSR count). The molecule has 0 amide bonds. The first-order chi connectivity index (χ1) is 12.5. The van der Waals surface area contributed by atoms with Gasteiger partial charge in [-0.25, -0.2) is 4.79 Å². The van der Waals surface area contributed by atoms with Gasteiger partial charge in [0.2, 0.25) is 5.43 Å². The summed E-state index contributed by atoms with van der Waals surface area (Å²) in [5.41, 5.74) is 1.45. The molecule has 1 atom stereocenters. The second-order valence-corrected chi connectivity index (χ2v) is 7.68.